The molecule has 0 aliphatic heterocycles. The Kier molecular flexibility index (Phi) is 9.00. The molecule has 0 bridgehead atoms. The minimum absolute atomic E-state index is 0.143. The van der Waals surface area contributed by atoms with Gasteiger partial charge in [-0.25, -0.2) is 18.8 Å². The number of carbonyl (C=O) groups excluding carboxylic acids is 3. The number of halogens is 1. The molecule has 1 atom stereocenters. The van der Waals surface area contributed by atoms with Crippen molar-refractivity contribution in [2.45, 2.75) is 51.3 Å². The smallest absolute Gasteiger partial charge is 0.408 e. The van der Waals surface area contributed by atoms with Crippen molar-refractivity contribution in [3.63, 3.8) is 0 Å². The van der Waals surface area contributed by atoms with Crippen LogP contribution in [-0.2, 0) is 37.0 Å². The Hall–Kier alpha value is -4.20. The fourth-order valence-electron chi connectivity index (χ4n) is 3.46. The molecular formula is C29H30FNO6. The van der Waals surface area contributed by atoms with Crippen LogP contribution < -0.4 is 5.32 Å². The third-order valence-corrected chi connectivity index (χ3v) is 5.21. The molecule has 0 aliphatic rings. The van der Waals surface area contributed by atoms with Crippen molar-refractivity contribution in [1.29, 1.82) is 0 Å². The predicted molar refractivity (Wildman–Crippen MR) is 135 cm³/mol. The van der Waals surface area contributed by atoms with E-state index < -0.39 is 35.3 Å². The van der Waals surface area contributed by atoms with Gasteiger partial charge < -0.3 is 19.5 Å². The molecule has 0 saturated carbocycles. The quantitative estimate of drug-likeness (QED) is 0.235. The van der Waals surface area contributed by atoms with Crippen LogP contribution in [0.25, 0.3) is 0 Å². The van der Waals surface area contributed by atoms with Gasteiger partial charge in [0.1, 0.15) is 24.9 Å². The maximum atomic E-state index is 16.9. The zero-order valence-corrected chi connectivity index (χ0v) is 21.0. The summed E-state index contributed by atoms with van der Waals surface area (Å²) >= 11 is 0. The summed E-state index contributed by atoms with van der Waals surface area (Å²) in [6.45, 7) is 4.33. The van der Waals surface area contributed by atoms with Crippen molar-refractivity contribution in [3.8, 4) is 0 Å². The molecule has 0 aliphatic carbocycles. The first-order valence-corrected chi connectivity index (χ1v) is 11.8. The lowest BCUT2D eigenvalue weighted by Crippen LogP contribution is -2.55. The number of ether oxygens (including phenoxy) is 3. The molecule has 0 radical (unpaired) electrons. The van der Waals surface area contributed by atoms with Crippen molar-refractivity contribution >= 4 is 18.0 Å². The van der Waals surface area contributed by atoms with Crippen LogP contribution in [0.1, 0.15) is 43.5 Å². The van der Waals surface area contributed by atoms with E-state index in [4.69, 9.17) is 14.2 Å². The van der Waals surface area contributed by atoms with Gasteiger partial charge in [0.25, 0.3) is 0 Å². The lowest BCUT2D eigenvalue weighted by Gasteiger charge is -2.31. The molecule has 0 unspecified atom stereocenters. The molecule has 1 amide bonds. The van der Waals surface area contributed by atoms with Crippen LogP contribution in [-0.4, -0.2) is 29.3 Å². The molecule has 7 nitrogen and oxygen atoms in total. The van der Waals surface area contributed by atoms with E-state index in [2.05, 4.69) is 5.32 Å². The van der Waals surface area contributed by atoms with Crippen LogP contribution in [0.3, 0.4) is 0 Å². The monoisotopic (exact) mass is 507 g/mol. The maximum absolute atomic E-state index is 16.9. The number of benzene rings is 3. The Bertz CT molecular complexity index is 1120. The minimum Gasteiger partial charge on any atom is -0.458 e. The summed E-state index contributed by atoms with van der Waals surface area (Å²) in [7, 11) is 0. The number of rotatable bonds is 9. The van der Waals surface area contributed by atoms with E-state index in [0.717, 1.165) is 0 Å². The molecule has 37 heavy (non-hydrogen) atoms. The van der Waals surface area contributed by atoms with E-state index in [1.54, 1.807) is 99.6 Å². The Morgan fingerprint density at radius 3 is 1.54 bits per heavy atom. The molecule has 0 heterocycles. The van der Waals surface area contributed by atoms with E-state index >= 15 is 4.39 Å². The zero-order valence-electron chi connectivity index (χ0n) is 21.0. The third kappa shape index (κ3) is 7.64. The molecule has 8 heteroatoms. The van der Waals surface area contributed by atoms with Crippen LogP contribution >= 0.6 is 0 Å². The second-order valence-electron chi connectivity index (χ2n) is 9.33. The number of alkyl carbamates (subject to hydrolysis) is 1. The number of esters is 2. The molecule has 3 aromatic rings. The molecule has 194 valence electrons. The highest BCUT2D eigenvalue weighted by atomic mass is 19.1. The van der Waals surface area contributed by atoms with Gasteiger partial charge in [-0.1, -0.05) is 91.0 Å². The van der Waals surface area contributed by atoms with Crippen LogP contribution in [0.2, 0.25) is 0 Å². The second-order valence-corrected chi connectivity index (χ2v) is 9.33. The van der Waals surface area contributed by atoms with Gasteiger partial charge in [0.2, 0.25) is 0 Å². The van der Waals surface area contributed by atoms with E-state index in [1.807, 2.05) is 0 Å². The number of alkyl halides is 1. The normalized spacial score (nSPS) is 12.2. The molecule has 3 rings (SSSR count). The van der Waals surface area contributed by atoms with Crippen LogP contribution in [0.5, 0.6) is 0 Å². The highest BCUT2D eigenvalue weighted by molar-refractivity contribution is 6.05. The van der Waals surface area contributed by atoms with Gasteiger partial charge in [0.15, 0.2) is 0 Å². The second kappa shape index (κ2) is 12.2. The van der Waals surface area contributed by atoms with E-state index in [9.17, 15) is 14.4 Å². The van der Waals surface area contributed by atoms with Crippen LogP contribution in [0.4, 0.5) is 9.18 Å². The van der Waals surface area contributed by atoms with Crippen molar-refractivity contribution in [2.24, 2.45) is 0 Å². The lowest BCUT2D eigenvalue weighted by molar-refractivity contribution is -0.179. The molecule has 0 fully saturated rings. The summed E-state index contributed by atoms with van der Waals surface area (Å²) in [6.07, 6.45) is -1.02. The van der Waals surface area contributed by atoms with E-state index in [0.29, 0.717) is 11.1 Å². The van der Waals surface area contributed by atoms with Crippen molar-refractivity contribution < 1.29 is 33.0 Å². The zero-order chi connectivity index (χ0) is 26.9. The number of carbonyl (C=O) groups is 3. The van der Waals surface area contributed by atoms with Gasteiger partial charge in [0.05, 0.1) is 0 Å². The summed E-state index contributed by atoms with van der Waals surface area (Å²) in [5.74, 6) is -3.00. The first-order valence-electron chi connectivity index (χ1n) is 11.8. The lowest BCUT2D eigenvalue weighted by atomic mass is 9.89. The molecule has 0 saturated heterocycles. The van der Waals surface area contributed by atoms with Gasteiger partial charge in [-0.3, -0.25) is 0 Å². The Balaban J connectivity index is 1.96. The van der Waals surface area contributed by atoms with Gasteiger partial charge in [0, 0.05) is 0 Å². The molecule has 0 aromatic heterocycles. The van der Waals surface area contributed by atoms with Crippen molar-refractivity contribution in [3.05, 3.63) is 108 Å². The molecular weight excluding hydrogens is 477 g/mol. The van der Waals surface area contributed by atoms with Gasteiger partial charge in [-0.2, -0.15) is 0 Å². The molecule has 1 N–H and O–H groups in total. The average Bonchev–Trinajstić information content (AvgIpc) is 2.89. The van der Waals surface area contributed by atoms with Crippen LogP contribution in [0, 0.1) is 0 Å². The summed E-state index contributed by atoms with van der Waals surface area (Å²) in [6, 6.07) is 23.3. The fourth-order valence-corrected chi connectivity index (χ4v) is 3.46. The van der Waals surface area contributed by atoms with Crippen molar-refractivity contribution in [1.82, 2.24) is 5.32 Å². The topological polar surface area (TPSA) is 90.9 Å². The Morgan fingerprint density at radius 2 is 1.14 bits per heavy atom. The SMILES string of the molecule is CC(C)(C)OC(=O)N[C@@H](c1ccccc1)C(F)(C(=O)OCc1ccccc1)C(=O)OCc1ccccc1. The largest absolute Gasteiger partial charge is 0.458 e. The van der Waals surface area contributed by atoms with Gasteiger partial charge in [-0.05, 0) is 37.5 Å². The standard InChI is InChI=1S/C29H30FNO6/c1-28(2,3)37-27(34)31-24(23-17-11-6-12-18-23)29(30,25(32)35-19-21-13-7-4-8-14-21)26(33)36-20-22-15-9-5-10-16-22/h4-18,24H,19-20H2,1-3H3,(H,31,34)/t24-/m0/s1. The molecule has 0 spiro atoms. The summed E-state index contributed by atoms with van der Waals surface area (Å²) in [5, 5.41) is 2.35. The van der Waals surface area contributed by atoms with E-state index in [1.165, 1.54) is 12.1 Å². The number of amides is 1. The molecule has 3 aromatic carbocycles. The fraction of sp³-hybridized carbons (Fsp3) is 0.276. The van der Waals surface area contributed by atoms with E-state index in [-0.39, 0.29) is 18.8 Å². The number of hydrogen-bond acceptors (Lipinski definition) is 6. The average molecular weight is 508 g/mol. The van der Waals surface area contributed by atoms with Crippen LogP contribution in [0.15, 0.2) is 91.0 Å². The first-order chi connectivity index (χ1) is 17.6. The van der Waals surface area contributed by atoms with Gasteiger partial charge in [-0.15, -0.1) is 0 Å². The predicted octanol–water partition coefficient (Wildman–Crippen LogP) is 5.45. The highest BCUT2D eigenvalue weighted by Crippen LogP contribution is 2.34. The summed E-state index contributed by atoms with van der Waals surface area (Å²) < 4.78 is 32.7. The first kappa shape index (κ1) is 27.4. The Morgan fingerprint density at radius 1 is 0.730 bits per heavy atom. The number of hydrogen-bond donors (Lipinski definition) is 1. The highest BCUT2D eigenvalue weighted by Gasteiger charge is 2.58. The van der Waals surface area contributed by atoms with Crippen molar-refractivity contribution in [2.75, 3.05) is 0 Å². The summed E-state index contributed by atoms with van der Waals surface area (Å²) in [4.78, 5) is 39.3. The number of nitrogens with one attached hydrogen (secondary N) is 1. The maximum Gasteiger partial charge on any atom is 0.408 e. The van der Waals surface area contributed by atoms with Gasteiger partial charge >= 0.3 is 23.7 Å². The minimum atomic E-state index is -3.43. The third-order valence-electron chi connectivity index (χ3n) is 5.21. The Labute approximate surface area is 215 Å². The summed E-state index contributed by atoms with van der Waals surface area (Å²) in [5.41, 5.74) is -3.02.